The fourth-order valence-corrected chi connectivity index (χ4v) is 1.45. The number of hydrogen-bond donors (Lipinski definition) is 1. The fraction of sp³-hybridized carbons (Fsp3) is 0.778. The van der Waals surface area contributed by atoms with Gasteiger partial charge in [-0.3, -0.25) is 15.0 Å². The highest BCUT2D eigenvalue weighted by atomic mass is 16.2. The molecule has 1 N–H and O–H groups in total. The van der Waals surface area contributed by atoms with Gasteiger partial charge in [-0.1, -0.05) is 6.42 Å². The molecule has 0 saturated carbocycles. The Balaban J connectivity index is 2.22. The van der Waals surface area contributed by atoms with Crippen molar-refractivity contribution in [2.45, 2.75) is 32.6 Å². The number of ketones is 1. The largest absolute Gasteiger partial charge is 0.299 e. The number of hydrazine groups is 1. The molecule has 0 aromatic carbocycles. The highest BCUT2D eigenvalue weighted by molar-refractivity contribution is 5.96. The van der Waals surface area contributed by atoms with E-state index in [2.05, 4.69) is 5.43 Å². The second-order valence-corrected chi connectivity index (χ2v) is 3.46. The number of carbonyl (C=O) groups excluding carboxylic acids is 2. The Morgan fingerprint density at radius 2 is 1.85 bits per heavy atom. The molecule has 0 aromatic heterocycles. The van der Waals surface area contributed by atoms with Crippen LogP contribution in [-0.4, -0.2) is 29.8 Å². The maximum atomic E-state index is 11.1. The van der Waals surface area contributed by atoms with Crippen LogP contribution < -0.4 is 5.43 Å². The Morgan fingerprint density at radius 1 is 1.23 bits per heavy atom. The number of nitrogens with zero attached hydrogens (tertiary/aromatic N) is 1. The van der Waals surface area contributed by atoms with E-state index in [9.17, 15) is 9.59 Å². The summed E-state index contributed by atoms with van der Waals surface area (Å²) in [5.41, 5.74) is 2.72. The Kier molecular flexibility index (Phi) is 3.89. The Bertz CT molecular complexity index is 198. The molecule has 13 heavy (non-hydrogen) atoms. The van der Waals surface area contributed by atoms with E-state index in [1.165, 1.54) is 13.3 Å². The van der Waals surface area contributed by atoms with Crippen LogP contribution >= 0.6 is 0 Å². The smallest absolute Gasteiger partial charge is 0.241 e. The molecule has 4 nitrogen and oxygen atoms in total. The van der Waals surface area contributed by atoms with E-state index in [0.717, 1.165) is 25.9 Å². The molecular formula is C9H16N2O2. The number of rotatable bonds is 3. The maximum Gasteiger partial charge on any atom is 0.241 e. The van der Waals surface area contributed by atoms with Crippen molar-refractivity contribution in [1.82, 2.24) is 10.4 Å². The van der Waals surface area contributed by atoms with Crippen LogP contribution in [0.25, 0.3) is 0 Å². The van der Waals surface area contributed by atoms with Crippen LogP contribution in [-0.2, 0) is 9.59 Å². The van der Waals surface area contributed by atoms with Crippen molar-refractivity contribution in [2.75, 3.05) is 13.1 Å². The van der Waals surface area contributed by atoms with E-state index < -0.39 is 0 Å². The average Bonchev–Trinajstić information content (AvgIpc) is 2.04. The van der Waals surface area contributed by atoms with Crippen LogP contribution in [0.3, 0.4) is 0 Å². The topological polar surface area (TPSA) is 49.4 Å². The first kappa shape index (κ1) is 10.2. The molecule has 1 heterocycles. The van der Waals surface area contributed by atoms with Gasteiger partial charge in [-0.25, -0.2) is 5.01 Å². The van der Waals surface area contributed by atoms with Crippen LogP contribution in [0.15, 0.2) is 0 Å². The predicted octanol–water partition coefficient (Wildman–Crippen LogP) is 0.483. The van der Waals surface area contributed by atoms with Gasteiger partial charge in [-0.05, 0) is 19.8 Å². The number of Topliss-reactive ketones (excluding diaryl/α,β-unsaturated/α-hetero) is 1. The first-order valence-electron chi connectivity index (χ1n) is 4.72. The average molecular weight is 184 g/mol. The molecule has 1 rings (SSSR count). The lowest BCUT2D eigenvalue weighted by Gasteiger charge is -2.26. The summed E-state index contributed by atoms with van der Waals surface area (Å²) in [6.07, 6.45) is 3.48. The molecule has 4 heteroatoms. The zero-order valence-electron chi connectivity index (χ0n) is 8.01. The van der Waals surface area contributed by atoms with E-state index in [1.807, 2.05) is 5.01 Å². The molecule has 1 aliphatic rings. The minimum atomic E-state index is -0.186. The van der Waals surface area contributed by atoms with Crippen LogP contribution in [0, 0.1) is 0 Å². The van der Waals surface area contributed by atoms with Crippen LogP contribution in [0.4, 0.5) is 0 Å². The van der Waals surface area contributed by atoms with Gasteiger partial charge in [0.1, 0.15) is 5.78 Å². The zero-order chi connectivity index (χ0) is 9.68. The molecule has 1 aliphatic heterocycles. The molecule has 0 unspecified atom stereocenters. The Hall–Kier alpha value is -0.900. The van der Waals surface area contributed by atoms with Crippen molar-refractivity contribution in [3.8, 4) is 0 Å². The quantitative estimate of drug-likeness (QED) is 0.649. The normalized spacial score (nSPS) is 18.2. The lowest BCUT2D eigenvalue weighted by molar-refractivity contribution is -0.130. The summed E-state index contributed by atoms with van der Waals surface area (Å²) in [7, 11) is 0. The summed E-state index contributed by atoms with van der Waals surface area (Å²) < 4.78 is 0. The molecule has 1 saturated heterocycles. The second-order valence-electron chi connectivity index (χ2n) is 3.46. The lowest BCUT2D eigenvalue weighted by Crippen LogP contribution is -2.45. The van der Waals surface area contributed by atoms with Crippen molar-refractivity contribution in [2.24, 2.45) is 0 Å². The Morgan fingerprint density at radius 3 is 2.38 bits per heavy atom. The number of piperidine rings is 1. The van der Waals surface area contributed by atoms with Gasteiger partial charge in [-0.2, -0.15) is 0 Å². The third kappa shape index (κ3) is 4.03. The van der Waals surface area contributed by atoms with E-state index in [1.54, 1.807) is 0 Å². The second kappa shape index (κ2) is 4.97. The summed E-state index contributed by atoms with van der Waals surface area (Å²) in [6.45, 7) is 3.24. The van der Waals surface area contributed by atoms with Gasteiger partial charge in [0.05, 0.1) is 6.42 Å². The van der Waals surface area contributed by atoms with E-state index in [0.29, 0.717) is 0 Å². The molecule has 0 aromatic rings. The highest BCUT2D eigenvalue weighted by Crippen LogP contribution is 2.05. The maximum absolute atomic E-state index is 11.1. The first-order valence-corrected chi connectivity index (χ1v) is 4.72. The molecule has 1 fully saturated rings. The van der Waals surface area contributed by atoms with Crippen molar-refractivity contribution < 1.29 is 9.59 Å². The van der Waals surface area contributed by atoms with Gasteiger partial charge in [0.15, 0.2) is 0 Å². The molecule has 74 valence electrons. The third-order valence-corrected chi connectivity index (χ3v) is 2.05. The summed E-state index contributed by atoms with van der Waals surface area (Å²) >= 11 is 0. The molecule has 0 spiro atoms. The SMILES string of the molecule is CC(=O)CC(=O)NN1CCCCC1. The van der Waals surface area contributed by atoms with Gasteiger partial charge in [0.25, 0.3) is 0 Å². The van der Waals surface area contributed by atoms with Crippen molar-refractivity contribution in [3.05, 3.63) is 0 Å². The third-order valence-electron chi connectivity index (χ3n) is 2.05. The van der Waals surface area contributed by atoms with Gasteiger partial charge in [0.2, 0.25) is 5.91 Å². The summed E-state index contributed by atoms with van der Waals surface area (Å²) in [6, 6.07) is 0. The predicted molar refractivity (Wildman–Crippen MR) is 48.9 cm³/mol. The molecule has 1 amide bonds. The van der Waals surface area contributed by atoms with Crippen LogP contribution in [0.5, 0.6) is 0 Å². The van der Waals surface area contributed by atoms with Crippen molar-refractivity contribution in [1.29, 1.82) is 0 Å². The van der Waals surface area contributed by atoms with E-state index >= 15 is 0 Å². The first-order chi connectivity index (χ1) is 6.18. The summed E-state index contributed by atoms with van der Waals surface area (Å²) in [5.74, 6) is -0.274. The molecular weight excluding hydrogens is 168 g/mol. The molecule has 0 bridgehead atoms. The molecule has 0 atom stereocenters. The number of hydrogen-bond acceptors (Lipinski definition) is 3. The fourth-order valence-electron chi connectivity index (χ4n) is 1.45. The van der Waals surface area contributed by atoms with Crippen LogP contribution in [0.2, 0.25) is 0 Å². The minimum Gasteiger partial charge on any atom is -0.299 e. The van der Waals surface area contributed by atoms with Gasteiger partial charge in [0, 0.05) is 13.1 Å². The standard InChI is InChI=1S/C9H16N2O2/c1-8(12)7-9(13)10-11-5-3-2-4-6-11/h2-7H2,1H3,(H,10,13). The summed E-state index contributed by atoms with van der Waals surface area (Å²) in [4.78, 5) is 21.8. The van der Waals surface area contributed by atoms with Crippen LogP contribution in [0.1, 0.15) is 32.6 Å². The number of amides is 1. The van der Waals surface area contributed by atoms with Gasteiger partial charge in [-0.15, -0.1) is 0 Å². The number of carbonyl (C=O) groups is 2. The van der Waals surface area contributed by atoms with Crippen molar-refractivity contribution >= 4 is 11.7 Å². The van der Waals surface area contributed by atoms with Gasteiger partial charge >= 0.3 is 0 Å². The lowest BCUT2D eigenvalue weighted by atomic mass is 10.2. The van der Waals surface area contributed by atoms with E-state index in [4.69, 9.17) is 0 Å². The summed E-state index contributed by atoms with van der Waals surface area (Å²) in [5, 5.41) is 1.90. The molecule has 0 aliphatic carbocycles. The monoisotopic (exact) mass is 184 g/mol. The highest BCUT2D eigenvalue weighted by Gasteiger charge is 2.13. The Labute approximate surface area is 78.3 Å². The van der Waals surface area contributed by atoms with Crippen molar-refractivity contribution in [3.63, 3.8) is 0 Å². The number of nitrogens with one attached hydrogen (secondary N) is 1. The van der Waals surface area contributed by atoms with Gasteiger partial charge < -0.3 is 0 Å². The molecule has 0 radical (unpaired) electrons. The van der Waals surface area contributed by atoms with E-state index in [-0.39, 0.29) is 18.1 Å². The minimum absolute atomic E-state index is 0.00347. The zero-order valence-corrected chi connectivity index (χ0v) is 8.01.